The quantitative estimate of drug-likeness (QED) is 0.313. The van der Waals surface area contributed by atoms with Gasteiger partial charge < -0.3 is 30.2 Å². The SMILES string of the molecule is COC(=O)c1ccc(C(=O)OC)c(N=NC(C(=O)Nc2ccccc2OC)C2NC(=O)NC(=O)N2)c1. The maximum absolute atomic E-state index is 13.2. The second kappa shape index (κ2) is 11.4. The maximum Gasteiger partial charge on any atom is 0.340 e. The number of esters is 2. The smallest absolute Gasteiger partial charge is 0.340 e. The Morgan fingerprint density at radius 1 is 0.944 bits per heavy atom. The highest BCUT2D eigenvalue weighted by Crippen LogP contribution is 2.26. The van der Waals surface area contributed by atoms with Crippen molar-refractivity contribution < 1.29 is 38.2 Å². The van der Waals surface area contributed by atoms with E-state index in [1.165, 1.54) is 32.4 Å². The van der Waals surface area contributed by atoms with Crippen LogP contribution in [0.5, 0.6) is 5.75 Å². The minimum absolute atomic E-state index is 0.0533. The molecule has 1 fully saturated rings. The molecular formula is C22H22N6O8. The summed E-state index contributed by atoms with van der Waals surface area (Å²) >= 11 is 0. The zero-order valence-electron chi connectivity index (χ0n) is 19.4. The zero-order valence-corrected chi connectivity index (χ0v) is 19.4. The third kappa shape index (κ3) is 5.91. The van der Waals surface area contributed by atoms with E-state index in [0.29, 0.717) is 11.4 Å². The number of nitrogens with one attached hydrogen (secondary N) is 4. The number of hydrogen-bond acceptors (Lipinski definition) is 10. The summed E-state index contributed by atoms with van der Waals surface area (Å²) in [6.45, 7) is 0. The van der Waals surface area contributed by atoms with Crippen LogP contribution < -0.4 is 26.0 Å². The first-order chi connectivity index (χ1) is 17.3. The van der Waals surface area contributed by atoms with Crippen molar-refractivity contribution in [2.24, 2.45) is 10.2 Å². The predicted molar refractivity (Wildman–Crippen MR) is 123 cm³/mol. The monoisotopic (exact) mass is 498 g/mol. The number of methoxy groups -OCH3 is 3. The van der Waals surface area contributed by atoms with E-state index < -0.39 is 42.1 Å². The molecule has 2 aromatic carbocycles. The third-order valence-corrected chi connectivity index (χ3v) is 4.86. The van der Waals surface area contributed by atoms with E-state index in [1.54, 1.807) is 24.3 Å². The van der Waals surface area contributed by atoms with Crippen molar-refractivity contribution in [1.82, 2.24) is 16.0 Å². The van der Waals surface area contributed by atoms with E-state index in [9.17, 15) is 24.0 Å². The molecule has 0 spiro atoms. The third-order valence-electron chi connectivity index (χ3n) is 4.86. The van der Waals surface area contributed by atoms with E-state index in [2.05, 4.69) is 30.9 Å². The van der Waals surface area contributed by atoms with E-state index >= 15 is 0 Å². The highest BCUT2D eigenvalue weighted by atomic mass is 16.5. The van der Waals surface area contributed by atoms with Crippen LogP contribution in [0.4, 0.5) is 21.0 Å². The largest absolute Gasteiger partial charge is 0.495 e. The molecule has 5 amide bonds. The summed E-state index contributed by atoms with van der Waals surface area (Å²) in [4.78, 5) is 61.1. The minimum Gasteiger partial charge on any atom is -0.495 e. The summed E-state index contributed by atoms with van der Waals surface area (Å²) in [7, 11) is 3.75. The van der Waals surface area contributed by atoms with Crippen molar-refractivity contribution in [2.45, 2.75) is 12.2 Å². The molecular weight excluding hydrogens is 476 g/mol. The number of azo groups is 1. The van der Waals surface area contributed by atoms with Gasteiger partial charge >= 0.3 is 24.0 Å². The number of para-hydroxylation sites is 2. The Hall–Kier alpha value is -5.01. The number of nitrogens with zero attached hydrogens (tertiary/aromatic N) is 2. The number of urea groups is 2. The van der Waals surface area contributed by atoms with Crippen LogP contribution in [-0.4, -0.2) is 63.4 Å². The number of rotatable bonds is 8. The van der Waals surface area contributed by atoms with Crippen LogP contribution in [-0.2, 0) is 14.3 Å². The van der Waals surface area contributed by atoms with Crippen molar-refractivity contribution >= 4 is 41.3 Å². The van der Waals surface area contributed by atoms with E-state index in [0.717, 1.165) is 7.11 Å². The summed E-state index contributed by atoms with van der Waals surface area (Å²) in [6.07, 6.45) is -1.31. The lowest BCUT2D eigenvalue weighted by Gasteiger charge is -2.28. The molecule has 0 radical (unpaired) electrons. The van der Waals surface area contributed by atoms with Gasteiger partial charge in [-0.2, -0.15) is 10.2 Å². The predicted octanol–water partition coefficient (Wildman–Crippen LogP) is 1.71. The minimum atomic E-state index is -1.52. The Bertz CT molecular complexity index is 1210. The fourth-order valence-electron chi connectivity index (χ4n) is 3.14. The van der Waals surface area contributed by atoms with Gasteiger partial charge in [0.25, 0.3) is 5.91 Å². The number of ether oxygens (including phenoxy) is 3. The summed E-state index contributed by atoms with van der Waals surface area (Å²) in [5.41, 5.74) is 0.167. The molecule has 0 saturated carbocycles. The molecule has 1 heterocycles. The van der Waals surface area contributed by atoms with Gasteiger partial charge in [0.15, 0.2) is 6.04 Å². The molecule has 2 aromatic rings. The summed E-state index contributed by atoms with van der Waals surface area (Å²) in [5.74, 6) is -1.91. The van der Waals surface area contributed by atoms with Crippen LogP contribution in [0.25, 0.3) is 0 Å². The normalized spacial score (nSPS) is 14.2. The summed E-state index contributed by atoms with van der Waals surface area (Å²) < 4.78 is 14.6. The Kier molecular flexibility index (Phi) is 8.12. The van der Waals surface area contributed by atoms with Gasteiger partial charge in [0.1, 0.15) is 17.6 Å². The van der Waals surface area contributed by atoms with Gasteiger partial charge in [-0.3, -0.25) is 10.1 Å². The average molecular weight is 498 g/mol. The topological polar surface area (TPSA) is 186 Å². The van der Waals surface area contributed by atoms with Crippen molar-refractivity contribution in [3.8, 4) is 5.75 Å². The summed E-state index contributed by atoms with van der Waals surface area (Å²) in [5, 5.41) is 17.3. The first-order valence-electron chi connectivity index (χ1n) is 10.3. The molecule has 1 aliphatic rings. The number of anilines is 1. The first kappa shape index (κ1) is 25.6. The van der Waals surface area contributed by atoms with Gasteiger partial charge in [-0.05, 0) is 30.3 Å². The van der Waals surface area contributed by atoms with E-state index in [-0.39, 0.29) is 16.8 Å². The Morgan fingerprint density at radius 3 is 2.25 bits per heavy atom. The lowest BCUT2D eigenvalue weighted by molar-refractivity contribution is -0.118. The molecule has 1 saturated heterocycles. The maximum atomic E-state index is 13.2. The van der Waals surface area contributed by atoms with Crippen LogP contribution in [0.3, 0.4) is 0 Å². The van der Waals surface area contributed by atoms with Gasteiger partial charge in [-0.15, -0.1) is 0 Å². The lowest BCUT2D eigenvalue weighted by atomic mass is 10.1. The second-order valence-electron chi connectivity index (χ2n) is 7.11. The molecule has 0 aromatic heterocycles. The van der Waals surface area contributed by atoms with Gasteiger partial charge in [0.05, 0.1) is 38.1 Å². The van der Waals surface area contributed by atoms with Gasteiger partial charge in [-0.25, -0.2) is 19.2 Å². The molecule has 14 nitrogen and oxygen atoms in total. The number of imide groups is 1. The molecule has 36 heavy (non-hydrogen) atoms. The second-order valence-corrected chi connectivity index (χ2v) is 7.11. The first-order valence-corrected chi connectivity index (χ1v) is 10.3. The standard InChI is InChI=1S/C22H22N6O8/c1-34-15-7-5-4-6-13(15)23-18(29)16(17-24-21(32)26-22(33)25-17)28-27-14-10-11(19(30)35-2)8-9-12(14)20(31)36-3/h4-10,16-17H,1-3H3,(H,23,29)(H3,24,25,26,32,33). The van der Waals surface area contributed by atoms with Gasteiger partial charge in [-0.1, -0.05) is 12.1 Å². The van der Waals surface area contributed by atoms with E-state index in [4.69, 9.17) is 9.47 Å². The number of carbonyl (C=O) groups excluding carboxylic acids is 5. The molecule has 0 bridgehead atoms. The summed E-state index contributed by atoms with van der Waals surface area (Å²) in [6, 6.07) is 7.12. The van der Waals surface area contributed by atoms with Crippen LogP contribution in [0.2, 0.25) is 0 Å². The molecule has 3 rings (SSSR count). The van der Waals surface area contributed by atoms with Gasteiger partial charge in [0, 0.05) is 0 Å². The molecule has 1 unspecified atom stereocenters. The highest BCUT2D eigenvalue weighted by Gasteiger charge is 2.35. The van der Waals surface area contributed by atoms with Crippen LogP contribution in [0.15, 0.2) is 52.7 Å². The van der Waals surface area contributed by atoms with Crippen LogP contribution in [0.1, 0.15) is 20.7 Å². The Morgan fingerprint density at radius 2 is 1.61 bits per heavy atom. The number of hydrogen-bond donors (Lipinski definition) is 4. The lowest BCUT2D eigenvalue weighted by Crippen LogP contribution is -2.66. The van der Waals surface area contributed by atoms with E-state index in [1.807, 2.05) is 5.32 Å². The average Bonchev–Trinajstić information content (AvgIpc) is 2.87. The molecule has 1 atom stereocenters. The Balaban J connectivity index is 2.02. The van der Waals surface area contributed by atoms with Crippen LogP contribution >= 0.6 is 0 Å². The molecule has 0 aliphatic carbocycles. The van der Waals surface area contributed by atoms with Gasteiger partial charge in [0.2, 0.25) is 0 Å². The van der Waals surface area contributed by atoms with Crippen molar-refractivity contribution in [1.29, 1.82) is 0 Å². The van der Waals surface area contributed by atoms with Crippen molar-refractivity contribution in [2.75, 3.05) is 26.6 Å². The number of carbonyl (C=O) groups is 5. The highest BCUT2D eigenvalue weighted by molar-refractivity contribution is 6.01. The van der Waals surface area contributed by atoms with Crippen molar-refractivity contribution in [3.05, 3.63) is 53.6 Å². The molecule has 1 aliphatic heterocycles. The molecule has 14 heteroatoms. The fourth-order valence-corrected chi connectivity index (χ4v) is 3.14. The Labute approximate surface area is 204 Å². The number of amides is 5. The fraction of sp³-hybridized carbons (Fsp3) is 0.227. The zero-order chi connectivity index (χ0) is 26.2. The molecule has 4 N–H and O–H groups in total. The molecule has 188 valence electrons. The van der Waals surface area contributed by atoms with Crippen LogP contribution in [0, 0.1) is 0 Å². The van der Waals surface area contributed by atoms with Crippen molar-refractivity contribution in [3.63, 3.8) is 0 Å². The number of benzene rings is 2.